The average Bonchev–Trinajstić information content (AvgIpc) is 2.85. The molecule has 0 unspecified atom stereocenters. The standard InChI is InChI=1S/C16H16F5NO/c1-14(2,3)13-8-12(22-23-13)10-6-5-9(15(4,17)18)7-11(10)16(19,20)21/h5-8H,1-4H3. The number of halogens is 5. The molecule has 7 heteroatoms. The van der Waals surface area contributed by atoms with E-state index >= 15 is 0 Å². The predicted octanol–water partition coefficient (Wildman–Crippen LogP) is 5.77. The maximum atomic E-state index is 13.3. The molecule has 0 saturated heterocycles. The topological polar surface area (TPSA) is 26.0 Å². The number of nitrogens with zero attached hydrogens (tertiary/aromatic N) is 1. The monoisotopic (exact) mass is 333 g/mol. The molecule has 0 aliphatic heterocycles. The highest BCUT2D eigenvalue weighted by Gasteiger charge is 2.37. The molecule has 0 radical (unpaired) electrons. The first kappa shape index (κ1) is 17.4. The first-order valence-corrected chi connectivity index (χ1v) is 6.87. The molecule has 0 aliphatic carbocycles. The molecule has 126 valence electrons. The lowest BCUT2D eigenvalue weighted by molar-refractivity contribution is -0.137. The van der Waals surface area contributed by atoms with Crippen LogP contribution >= 0.6 is 0 Å². The van der Waals surface area contributed by atoms with Crippen molar-refractivity contribution in [1.29, 1.82) is 0 Å². The van der Waals surface area contributed by atoms with Gasteiger partial charge in [-0.1, -0.05) is 38.1 Å². The van der Waals surface area contributed by atoms with Gasteiger partial charge in [-0.15, -0.1) is 0 Å². The Morgan fingerprint density at radius 3 is 1.96 bits per heavy atom. The van der Waals surface area contributed by atoms with Crippen LogP contribution in [0.4, 0.5) is 22.0 Å². The molecule has 2 nitrogen and oxygen atoms in total. The zero-order valence-corrected chi connectivity index (χ0v) is 13.1. The van der Waals surface area contributed by atoms with Crippen molar-refractivity contribution in [3.05, 3.63) is 41.2 Å². The van der Waals surface area contributed by atoms with E-state index in [1.165, 1.54) is 6.07 Å². The van der Waals surface area contributed by atoms with Gasteiger partial charge < -0.3 is 4.52 Å². The summed E-state index contributed by atoms with van der Waals surface area (Å²) < 4.78 is 71.4. The van der Waals surface area contributed by atoms with Crippen molar-refractivity contribution >= 4 is 0 Å². The lowest BCUT2D eigenvalue weighted by Gasteiger charge is -2.16. The summed E-state index contributed by atoms with van der Waals surface area (Å²) in [6.45, 7) is 6.02. The fraction of sp³-hybridized carbons (Fsp3) is 0.438. The van der Waals surface area contributed by atoms with Gasteiger partial charge in [-0.2, -0.15) is 13.2 Å². The van der Waals surface area contributed by atoms with Crippen molar-refractivity contribution in [1.82, 2.24) is 5.16 Å². The van der Waals surface area contributed by atoms with E-state index in [-0.39, 0.29) is 11.3 Å². The molecule has 1 aromatic carbocycles. The molecule has 23 heavy (non-hydrogen) atoms. The normalized spacial score (nSPS) is 13.4. The second-order valence-corrected chi connectivity index (χ2v) is 6.47. The Kier molecular flexibility index (Phi) is 4.03. The summed E-state index contributed by atoms with van der Waals surface area (Å²) >= 11 is 0. The molecule has 0 spiro atoms. The van der Waals surface area contributed by atoms with Gasteiger partial charge in [0, 0.05) is 29.5 Å². The Morgan fingerprint density at radius 1 is 0.913 bits per heavy atom. The van der Waals surface area contributed by atoms with Gasteiger partial charge in [0.15, 0.2) is 0 Å². The van der Waals surface area contributed by atoms with Crippen LogP contribution in [0.3, 0.4) is 0 Å². The van der Waals surface area contributed by atoms with Crippen molar-refractivity contribution in [2.75, 3.05) is 0 Å². The molecular formula is C16H16F5NO. The van der Waals surface area contributed by atoms with E-state index in [1.54, 1.807) is 0 Å². The quantitative estimate of drug-likeness (QED) is 0.652. The highest BCUT2D eigenvalue weighted by molar-refractivity contribution is 5.65. The Morgan fingerprint density at radius 2 is 1.52 bits per heavy atom. The van der Waals surface area contributed by atoms with Gasteiger partial charge in [-0.25, -0.2) is 8.78 Å². The van der Waals surface area contributed by atoms with Crippen molar-refractivity contribution in [3.63, 3.8) is 0 Å². The minimum Gasteiger partial charge on any atom is -0.360 e. The summed E-state index contributed by atoms with van der Waals surface area (Å²) in [6.07, 6.45) is -4.78. The van der Waals surface area contributed by atoms with Crippen molar-refractivity contribution in [2.45, 2.75) is 45.2 Å². The van der Waals surface area contributed by atoms with Gasteiger partial charge in [-0.05, 0) is 6.07 Å². The number of alkyl halides is 5. The van der Waals surface area contributed by atoms with Crippen molar-refractivity contribution < 1.29 is 26.5 Å². The molecular weight excluding hydrogens is 317 g/mol. The summed E-state index contributed by atoms with van der Waals surface area (Å²) in [5.41, 5.74) is -2.61. The van der Waals surface area contributed by atoms with E-state index in [9.17, 15) is 22.0 Å². The van der Waals surface area contributed by atoms with Crippen LogP contribution in [0.5, 0.6) is 0 Å². The molecule has 1 aromatic heterocycles. The SMILES string of the molecule is CC(C)(C)c1cc(-c2ccc(C(C)(F)F)cc2C(F)(F)F)no1. The Balaban J connectivity index is 2.61. The van der Waals surface area contributed by atoms with Crippen LogP contribution in [0, 0.1) is 0 Å². The molecule has 1 heterocycles. The number of hydrogen-bond acceptors (Lipinski definition) is 2. The molecule has 0 N–H and O–H groups in total. The molecule has 0 aliphatic rings. The highest BCUT2D eigenvalue weighted by atomic mass is 19.4. The third-order valence-corrected chi connectivity index (χ3v) is 3.36. The molecule has 0 atom stereocenters. The van der Waals surface area contributed by atoms with Gasteiger partial charge in [0.2, 0.25) is 0 Å². The number of aromatic nitrogens is 1. The first-order chi connectivity index (χ1) is 10.3. The lowest BCUT2D eigenvalue weighted by atomic mass is 9.92. The summed E-state index contributed by atoms with van der Waals surface area (Å²) in [4.78, 5) is 0. The Bertz CT molecular complexity index is 704. The van der Waals surface area contributed by atoms with E-state index < -0.39 is 28.6 Å². The van der Waals surface area contributed by atoms with E-state index in [1.807, 2.05) is 20.8 Å². The molecule has 0 saturated carbocycles. The zero-order chi connectivity index (χ0) is 17.6. The van der Waals surface area contributed by atoms with Crippen LogP contribution in [0.15, 0.2) is 28.8 Å². The maximum Gasteiger partial charge on any atom is 0.417 e. The van der Waals surface area contributed by atoms with E-state index in [4.69, 9.17) is 4.52 Å². The van der Waals surface area contributed by atoms with Gasteiger partial charge in [0.05, 0.1) is 5.56 Å². The summed E-state index contributed by atoms with van der Waals surface area (Å²) in [5, 5.41) is 3.66. The van der Waals surface area contributed by atoms with Crippen LogP contribution in [0.25, 0.3) is 11.3 Å². The van der Waals surface area contributed by atoms with Crippen molar-refractivity contribution in [3.8, 4) is 11.3 Å². The third-order valence-electron chi connectivity index (χ3n) is 3.36. The zero-order valence-electron chi connectivity index (χ0n) is 13.1. The lowest BCUT2D eigenvalue weighted by Crippen LogP contribution is -2.13. The second kappa shape index (κ2) is 5.32. The van der Waals surface area contributed by atoms with E-state index in [0.29, 0.717) is 18.8 Å². The molecule has 2 rings (SSSR count). The second-order valence-electron chi connectivity index (χ2n) is 6.47. The summed E-state index contributed by atoms with van der Waals surface area (Å²) in [7, 11) is 0. The van der Waals surface area contributed by atoms with Crippen LogP contribution in [-0.4, -0.2) is 5.16 Å². The van der Waals surface area contributed by atoms with E-state index in [0.717, 1.165) is 12.1 Å². The van der Waals surface area contributed by atoms with Crippen molar-refractivity contribution in [2.24, 2.45) is 0 Å². The van der Waals surface area contributed by atoms with Crippen LogP contribution in [-0.2, 0) is 17.5 Å². The molecule has 0 bridgehead atoms. The average molecular weight is 333 g/mol. The van der Waals surface area contributed by atoms with Gasteiger partial charge >= 0.3 is 6.18 Å². The fourth-order valence-corrected chi connectivity index (χ4v) is 2.03. The Labute approximate surface area is 130 Å². The van der Waals surface area contributed by atoms with Crippen LogP contribution in [0.2, 0.25) is 0 Å². The predicted molar refractivity (Wildman–Crippen MR) is 75.2 cm³/mol. The molecule has 2 aromatic rings. The Hall–Kier alpha value is -1.92. The third kappa shape index (κ3) is 3.71. The van der Waals surface area contributed by atoms with Gasteiger partial charge in [-0.3, -0.25) is 0 Å². The minimum absolute atomic E-state index is 0.0341. The fourth-order valence-electron chi connectivity index (χ4n) is 2.03. The summed E-state index contributed by atoms with van der Waals surface area (Å²) in [6, 6.07) is 3.82. The highest BCUT2D eigenvalue weighted by Crippen LogP contribution is 2.40. The summed E-state index contributed by atoms with van der Waals surface area (Å²) in [5.74, 6) is -2.95. The van der Waals surface area contributed by atoms with Crippen LogP contribution in [0.1, 0.15) is 44.6 Å². The van der Waals surface area contributed by atoms with E-state index in [2.05, 4.69) is 5.16 Å². The van der Waals surface area contributed by atoms with Gasteiger partial charge in [0.1, 0.15) is 11.5 Å². The number of rotatable bonds is 2. The molecule has 0 amide bonds. The maximum absolute atomic E-state index is 13.3. The molecule has 0 fully saturated rings. The number of hydrogen-bond donors (Lipinski definition) is 0. The van der Waals surface area contributed by atoms with Gasteiger partial charge in [0.25, 0.3) is 5.92 Å². The number of benzene rings is 1. The first-order valence-electron chi connectivity index (χ1n) is 6.87. The smallest absolute Gasteiger partial charge is 0.360 e. The minimum atomic E-state index is -4.78. The largest absolute Gasteiger partial charge is 0.417 e. The van der Waals surface area contributed by atoms with Crippen LogP contribution < -0.4 is 0 Å².